The van der Waals surface area contributed by atoms with Gasteiger partial charge in [0.1, 0.15) is 0 Å². The molecule has 0 saturated heterocycles. The molecule has 2 atom stereocenters. The van der Waals surface area contributed by atoms with Gasteiger partial charge in [0, 0.05) is 6.42 Å². The van der Waals surface area contributed by atoms with Crippen LogP contribution in [0.3, 0.4) is 0 Å². The largest absolute Gasteiger partial charge is 0.393 e. The third-order valence-electron chi connectivity index (χ3n) is 2.75. The van der Waals surface area contributed by atoms with Crippen molar-refractivity contribution in [2.75, 3.05) is 0 Å². The van der Waals surface area contributed by atoms with Crippen LogP contribution in [0.4, 0.5) is 0 Å². The molecule has 0 aliphatic carbocycles. The Morgan fingerprint density at radius 3 is 2.33 bits per heavy atom. The van der Waals surface area contributed by atoms with E-state index in [2.05, 4.69) is 6.92 Å². The zero-order valence-corrected chi connectivity index (χ0v) is 10.4. The zero-order valence-electron chi connectivity index (χ0n) is 10.4. The minimum absolute atomic E-state index is 0.0576. The Morgan fingerprint density at radius 1 is 1.40 bits per heavy atom. The number of aliphatic hydroxyl groups excluding tert-OH is 1. The number of nitrogens with two attached hydrogens (primary N) is 1. The SMILES string of the molecule is C[C@H](CCCC(N)=O)C[C@@H](O)C(C)(C)C. The molecule has 15 heavy (non-hydrogen) atoms. The molecule has 0 unspecified atom stereocenters. The highest BCUT2D eigenvalue weighted by Gasteiger charge is 2.23. The highest BCUT2D eigenvalue weighted by atomic mass is 16.3. The van der Waals surface area contributed by atoms with Gasteiger partial charge in [-0.1, -0.05) is 34.1 Å². The molecule has 0 saturated carbocycles. The van der Waals surface area contributed by atoms with Crippen molar-refractivity contribution in [3.63, 3.8) is 0 Å². The second kappa shape index (κ2) is 6.11. The number of amides is 1. The normalized spacial score (nSPS) is 16.1. The Hall–Kier alpha value is -0.570. The highest BCUT2D eigenvalue weighted by molar-refractivity contribution is 5.73. The first-order chi connectivity index (χ1) is 6.73. The summed E-state index contributed by atoms with van der Waals surface area (Å²) in [6.07, 6.45) is 2.75. The fourth-order valence-corrected chi connectivity index (χ4v) is 1.48. The number of carbonyl (C=O) groups is 1. The molecular weight excluding hydrogens is 190 g/mol. The molecular formula is C12H25NO2. The van der Waals surface area contributed by atoms with E-state index in [4.69, 9.17) is 5.73 Å². The molecule has 3 heteroatoms. The summed E-state index contributed by atoms with van der Waals surface area (Å²) in [4.78, 5) is 10.5. The number of rotatable bonds is 6. The molecule has 0 spiro atoms. The molecule has 0 rings (SSSR count). The third kappa shape index (κ3) is 7.37. The van der Waals surface area contributed by atoms with Gasteiger partial charge in [-0.05, 0) is 24.2 Å². The van der Waals surface area contributed by atoms with E-state index in [0.29, 0.717) is 12.3 Å². The van der Waals surface area contributed by atoms with Crippen molar-refractivity contribution < 1.29 is 9.90 Å². The number of primary amides is 1. The van der Waals surface area contributed by atoms with Gasteiger partial charge in [-0.3, -0.25) is 4.79 Å². The molecule has 0 fully saturated rings. The molecule has 3 N–H and O–H groups in total. The van der Waals surface area contributed by atoms with Crippen molar-refractivity contribution in [2.24, 2.45) is 17.1 Å². The summed E-state index contributed by atoms with van der Waals surface area (Å²) in [5, 5.41) is 9.87. The van der Waals surface area contributed by atoms with Crippen molar-refractivity contribution in [1.29, 1.82) is 0 Å². The van der Waals surface area contributed by atoms with Gasteiger partial charge in [0.2, 0.25) is 5.91 Å². The van der Waals surface area contributed by atoms with Crippen LogP contribution >= 0.6 is 0 Å². The van der Waals surface area contributed by atoms with Gasteiger partial charge in [0.05, 0.1) is 6.10 Å². The number of hydrogen-bond acceptors (Lipinski definition) is 2. The Bertz CT molecular complexity index is 196. The summed E-state index contributed by atoms with van der Waals surface area (Å²) in [7, 11) is 0. The van der Waals surface area contributed by atoms with Gasteiger partial charge >= 0.3 is 0 Å². The summed E-state index contributed by atoms with van der Waals surface area (Å²) in [6.45, 7) is 8.21. The van der Waals surface area contributed by atoms with E-state index in [0.717, 1.165) is 19.3 Å². The Balaban J connectivity index is 3.74. The van der Waals surface area contributed by atoms with Gasteiger partial charge in [0.25, 0.3) is 0 Å². The maximum absolute atomic E-state index is 10.5. The number of aliphatic hydroxyl groups is 1. The number of hydrogen-bond donors (Lipinski definition) is 2. The van der Waals surface area contributed by atoms with Crippen molar-refractivity contribution in [2.45, 2.75) is 59.5 Å². The quantitative estimate of drug-likeness (QED) is 0.712. The minimum Gasteiger partial charge on any atom is -0.393 e. The topological polar surface area (TPSA) is 63.3 Å². The van der Waals surface area contributed by atoms with E-state index in [1.165, 1.54) is 0 Å². The van der Waals surface area contributed by atoms with E-state index in [1.807, 2.05) is 20.8 Å². The van der Waals surface area contributed by atoms with Gasteiger partial charge in [0.15, 0.2) is 0 Å². The van der Waals surface area contributed by atoms with Crippen LogP contribution in [0.2, 0.25) is 0 Å². The van der Waals surface area contributed by atoms with E-state index in [9.17, 15) is 9.90 Å². The molecule has 0 heterocycles. The smallest absolute Gasteiger partial charge is 0.217 e. The first-order valence-corrected chi connectivity index (χ1v) is 5.70. The van der Waals surface area contributed by atoms with Gasteiger partial charge < -0.3 is 10.8 Å². The number of carbonyl (C=O) groups excluding carboxylic acids is 1. The molecule has 0 aromatic carbocycles. The average Bonchev–Trinajstić information content (AvgIpc) is 2.01. The van der Waals surface area contributed by atoms with E-state index < -0.39 is 0 Å². The minimum atomic E-state index is -0.277. The average molecular weight is 215 g/mol. The van der Waals surface area contributed by atoms with Crippen LogP contribution in [0, 0.1) is 11.3 Å². The molecule has 3 nitrogen and oxygen atoms in total. The predicted octanol–water partition coefficient (Wildman–Crippen LogP) is 2.08. The second-order valence-corrected chi connectivity index (χ2v) is 5.58. The lowest BCUT2D eigenvalue weighted by Gasteiger charge is -2.28. The summed E-state index contributed by atoms with van der Waals surface area (Å²) in [5.74, 6) is 0.206. The van der Waals surface area contributed by atoms with Gasteiger partial charge in [-0.25, -0.2) is 0 Å². The van der Waals surface area contributed by atoms with Crippen LogP contribution in [-0.2, 0) is 4.79 Å². The molecule has 0 aliphatic rings. The first kappa shape index (κ1) is 14.4. The Morgan fingerprint density at radius 2 is 1.93 bits per heavy atom. The molecule has 0 aliphatic heterocycles. The van der Waals surface area contributed by atoms with Gasteiger partial charge in [-0.2, -0.15) is 0 Å². The standard InChI is InChI=1S/C12H25NO2/c1-9(6-5-7-11(13)15)8-10(14)12(2,3)4/h9-10,14H,5-8H2,1-4H3,(H2,13,15)/t9-,10-/m1/s1. The fourth-order valence-electron chi connectivity index (χ4n) is 1.48. The molecule has 0 aromatic heterocycles. The van der Waals surface area contributed by atoms with Crippen LogP contribution in [0.15, 0.2) is 0 Å². The van der Waals surface area contributed by atoms with Crippen LogP contribution in [0.25, 0.3) is 0 Å². The second-order valence-electron chi connectivity index (χ2n) is 5.58. The first-order valence-electron chi connectivity index (χ1n) is 5.70. The molecule has 90 valence electrons. The summed E-state index contributed by atoms with van der Waals surface area (Å²) < 4.78 is 0. The van der Waals surface area contributed by atoms with E-state index >= 15 is 0 Å². The lowest BCUT2D eigenvalue weighted by atomic mass is 9.83. The molecule has 0 bridgehead atoms. The maximum Gasteiger partial charge on any atom is 0.217 e. The van der Waals surface area contributed by atoms with Gasteiger partial charge in [-0.15, -0.1) is 0 Å². The van der Waals surface area contributed by atoms with Crippen molar-refractivity contribution in [1.82, 2.24) is 0 Å². The third-order valence-corrected chi connectivity index (χ3v) is 2.75. The maximum atomic E-state index is 10.5. The summed E-state index contributed by atoms with van der Waals surface area (Å²) in [5.41, 5.74) is 5.00. The Kier molecular flexibility index (Phi) is 5.88. The molecule has 1 amide bonds. The molecule has 0 aromatic rings. The van der Waals surface area contributed by atoms with Crippen molar-refractivity contribution in [3.05, 3.63) is 0 Å². The van der Waals surface area contributed by atoms with E-state index in [1.54, 1.807) is 0 Å². The zero-order chi connectivity index (χ0) is 12.1. The summed E-state index contributed by atoms with van der Waals surface area (Å²) >= 11 is 0. The Labute approximate surface area is 93.0 Å². The lowest BCUT2D eigenvalue weighted by molar-refractivity contribution is -0.118. The fraction of sp³-hybridized carbons (Fsp3) is 0.917. The van der Waals surface area contributed by atoms with E-state index in [-0.39, 0.29) is 17.4 Å². The summed E-state index contributed by atoms with van der Waals surface area (Å²) in [6, 6.07) is 0. The van der Waals surface area contributed by atoms with Crippen LogP contribution in [0.1, 0.15) is 53.4 Å². The van der Waals surface area contributed by atoms with Crippen LogP contribution < -0.4 is 5.73 Å². The lowest BCUT2D eigenvalue weighted by Crippen LogP contribution is -2.27. The van der Waals surface area contributed by atoms with Crippen molar-refractivity contribution in [3.8, 4) is 0 Å². The molecule has 0 radical (unpaired) electrons. The highest BCUT2D eigenvalue weighted by Crippen LogP contribution is 2.26. The van der Waals surface area contributed by atoms with Crippen LogP contribution in [-0.4, -0.2) is 17.1 Å². The van der Waals surface area contributed by atoms with Crippen molar-refractivity contribution >= 4 is 5.91 Å². The predicted molar refractivity (Wildman–Crippen MR) is 62.3 cm³/mol. The van der Waals surface area contributed by atoms with Crippen LogP contribution in [0.5, 0.6) is 0 Å². The monoisotopic (exact) mass is 215 g/mol.